The zero-order chi connectivity index (χ0) is 19.0. The first-order chi connectivity index (χ1) is 13.1. The molecule has 0 aromatic carbocycles. The molecule has 0 radical (unpaired) electrons. The quantitative estimate of drug-likeness (QED) is 0.611. The van der Waals surface area contributed by atoms with Crippen molar-refractivity contribution in [3.8, 4) is 0 Å². The molecule has 0 amide bonds. The Morgan fingerprint density at radius 3 is 1.15 bits per heavy atom. The summed E-state index contributed by atoms with van der Waals surface area (Å²) in [5.41, 5.74) is -3.73. The standard InChI is InChI=1S/C17H26N6O4/c24-13-18-19-14(25)22(13)17(11-7-3-1-4-8-11,12-9-5-2-6-10-12)23-15(26)20-21-16(23)27/h11-12H,1-10H2,(H,18,24)(H,19,25)(H,20,26)(H,21,27). The second-order valence-electron chi connectivity index (χ2n) is 7.84. The van der Waals surface area contributed by atoms with Crippen LogP contribution in [0, 0.1) is 11.8 Å². The molecule has 0 aliphatic heterocycles. The van der Waals surface area contributed by atoms with Crippen molar-refractivity contribution in [3.05, 3.63) is 41.9 Å². The van der Waals surface area contributed by atoms with Gasteiger partial charge in [0.15, 0.2) is 0 Å². The Morgan fingerprint density at radius 1 is 0.556 bits per heavy atom. The lowest BCUT2D eigenvalue weighted by atomic mass is 9.68. The maximum atomic E-state index is 12.7. The van der Waals surface area contributed by atoms with E-state index in [4.69, 9.17) is 0 Å². The maximum Gasteiger partial charge on any atom is 0.346 e. The van der Waals surface area contributed by atoms with E-state index in [0.29, 0.717) is 0 Å². The first kappa shape index (κ1) is 17.9. The van der Waals surface area contributed by atoms with Crippen LogP contribution in [0.2, 0.25) is 0 Å². The van der Waals surface area contributed by atoms with Crippen LogP contribution in [0.25, 0.3) is 0 Å². The van der Waals surface area contributed by atoms with E-state index in [1.54, 1.807) is 0 Å². The number of aromatic nitrogens is 6. The van der Waals surface area contributed by atoms with Gasteiger partial charge in [0, 0.05) is 11.8 Å². The molecule has 4 rings (SSSR count). The normalized spacial score (nSPS) is 20.1. The van der Waals surface area contributed by atoms with Gasteiger partial charge in [-0.1, -0.05) is 38.5 Å². The minimum atomic E-state index is -1.30. The molecule has 2 saturated carbocycles. The zero-order valence-corrected chi connectivity index (χ0v) is 15.3. The van der Waals surface area contributed by atoms with Gasteiger partial charge in [-0.15, -0.1) is 0 Å². The summed E-state index contributed by atoms with van der Waals surface area (Å²) in [5.74, 6) is -0.280. The van der Waals surface area contributed by atoms with Crippen LogP contribution in [-0.4, -0.2) is 29.5 Å². The van der Waals surface area contributed by atoms with Crippen LogP contribution in [-0.2, 0) is 5.66 Å². The highest BCUT2D eigenvalue weighted by Gasteiger charge is 2.53. The van der Waals surface area contributed by atoms with Crippen molar-refractivity contribution in [2.45, 2.75) is 69.9 Å². The van der Waals surface area contributed by atoms with E-state index in [1.807, 2.05) is 0 Å². The molecular formula is C17H26N6O4. The van der Waals surface area contributed by atoms with E-state index < -0.39 is 28.4 Å². The molecule has 0 spiro atoms. The van der Waals surface area contributed by atoms with Crippen LogP contribution in [0.15, 0.2) is 19.2 Å². The fourth-order valence-electron chi connectivity index (χ4n) is 5.49. The van der Waals surface area contributed by atoms with Gasteiger partial charge in [0.1, 0.15) is 5.66 Å². The number of hydrogen-bond donors (Lipinski definition) is 4. The van der Waals surface area contributed by atoms with Gasteiger partial charge in [-0.05, 0) is 25.7 Å². The number of rotatable bonds is 4. The molecule has 2 aromatic heterocycles. The molecule has 10 heteroatoms. The third-order valence-electron chi connectivity index (χ3n) is 6.49. The summed E-state index contributed by atoms with van der Waals surface area (Å²) in [6.07, 6.45) is 9.04. The molecule has 0 saturated heterocycles. The lowest BCUT2D eigenvalue weighted by molar-refractivity contribution is -0.00610. The largest absolute Gasteiger partial charge is 0.346 e. The number of hydrogen-bond acceptors (Lipinski definition) is 4. The third-order valence-corrected chi connectivity index (χ3v) is 6.49. The number of nitrogens with one attached hydrogen (secondary N) is 4. The Bertz CT molecular complexity index is 868. The van der Waals surface area contributed by atoms with Crippen molar-refractivity contribution in [1.82, 2.24) is 29.5 Å². The minimum Gasteiger partial charge on any atom is -0.247 e. The number of H-pyrrole nitrogens is 4. The van der Waals surface area contributed by atoms with Crippen LogP contribution in [0.4, 0.5) is 0 Å². The summed E-state index contributed by atoms with van der Waals surface area (Å²) in [7, 11) is 0. The molecule has 148 valence electrons. The summed E-state index contributed by atoms with van der Waals surface area (Å²) < 4.78 is 2.23. The van der Waals surface area contributed by atoms with Crippen molar-refractivity contribution in [2.24, 2.45) is 11.8 Å². The SMILES string of the molecule is O=c1[nH][nH]c(=O)n1C(C1CCCCC1)(C1CCCCC1)n1c(=O)[nH][nH]c1=O. The van der Waals surface area contributed by atoms with E-state index >= 15 is 0 Å². The summed E-state index contributed by atoms with van der Waals surface area (Å²) in [6.45, 7) is 0. The van der Waals surface area contributed by atoms with Crippen LogP contribution >= 0.6 is 0 Å². The third kappa shape index (κ3) is 2.69. The molecule has 4 N–H and O–H groups in total. The van der Waals surface area contributed by atoms with E-state index in [0.717, 1.165) is 73.3 Å². The highest BCUT2D eigenvalue weighted by molar-refractivity contribution is 5.03. The predicted molar refractivity (Wildman–Crippen MR) is 97.9 cm³/mol. The number of aromatic amines is 4. The fraction of sp³-hybridized carbons (Fsp3) is 0.765. The maximum absolute atomic E-state index is 12.7. The van der Waals surface area contributed by atoms with Gasteiger partial charge in [0.25, 0.3) is 0 Å². The van der Waals surface area contributed by atoms with Crippen LogP contribution < -0.4 is 22.8 Å². The first-order valence-electron chi connectivity index (χ1n) is 9.87. The molecule has 10 nitrogen and oxygen atoms in total. The Balaban J connectivity index is 2.08. The molecule has 2 fully saturated rings. The van der Waals surface area contributed by atoms with Gasteiger partial charge in [-0.25, -0.2) is 48.7 Å². The monoisotopic (exact) mass is 378 g/mol. The molecule has 2 heterocycles. The Kier molecular flexibility index (Phi) is 4.56. The first-order valence-corrected chi connectivity index (χ1v) is 9.87. The molecule has 2 aromatic rings. The smallest absolute Gasteiger partial charge is 0.247 e. The highest BCUT2D eigenvalue weighted by atomic mass is 16.2. The predicted octanol–water partition coefficient (Wildman–Crippen LogP) is 0.404. The second kappa shape index (κ2) is 6.90. The Hall–Kier alpha value is -2.52. The van der Waals surface area contributed by atoms with Gasteiger partial charge in [-0.2, -0.15) is 0 Å². The minimum absolute atomic E-state index is 0.140. The summed E-state index contributed by atoms with van der Waals surface area (Å²) in [6, 6.07) is 0. The fourth-order valence-corrected chi connectivity index (χ4v) is 5.49. The summed E-state index contributed by atoms with van der Waals surface area (Å²) >= 11 is 0. The summed E-state index contributed by atoms with van der Waals surface area (Å²) in [5, 5.41) is 9.41. The van der Waals surface area contributed by atoms with Gasteiger partial charge in [0.05, 0.1) is 0 Å². The van der Waals surface area contributed by atoms with Crippen molar-refractivity contribution in [1.29, 1.82) is 0 Å². The molecular weight excluding hydrogens is 352 g/mol. The van der Waals surface area contributed by atoms with Crippen LogP contribution in [0.5, 0.6) is 0 Å². The van der Waals surface area contributed by atoms with Crippen LogP contribution in [0.1, 0.15) is 64.2 Å². The van der Waals surface area contributed by atoms with Gasteiger partial charge >= 0.3 is 22.8 Å². The Labute approximate surface area is 154 Å². The molecule has 2 aliphatic rings. The lowest BCUT2D eigenvalue weighted by Crippen LogP contribution is -2.65. The molecule has 2 aliphatic carbocycles. The highest BCUT2D eigenvalue weighted by Crippen LogP contribution is 2.46. The molecule has 0 unspecified atom stereocenters. The van der Waals surface area contributed by atoms with Gasteiger partial charge in [-0.3, -0.25) is 0 Å². The average Bonchev–Trinajstić information content (AvgIpc) is 3.21. The second-order valence-corrected chi connectivity index (χ2v) is 7.84. The lowest BCUT2D eigenvalue weighted by Gasteiger charge is -2.48. The average molecular weight is 378 g/mol. The topological polar surface area (TPSA) is 141 Å². The van der Waals surface area contributed by atoms with E-state index in [1.165, 1.54) is 0 Å². The van der Waals surface area contributed by atoms with Crippen molar-refractivity contribution in [2.75, 3.05) is 0 Å². The van der Waals surface area contributed by atoms with Gasteiger partial charge < -0.3 is 0 Å². The van der Waals surface area contributed by atoms with E-state index in [9.17, 15) is 19.2 Å². The van der Waals surface area contributed by atoms with Gasteiger partial charge in [0.2, 0.25) is 0 Å². The van der Waals surface area contributed by atoms with Crippen molar-refractivity contribution < 1.29 is 0 Å². The van der Waals surface area contributed by atoms with Crippen molar-refractivity contribution in [3.63, 3.8) is 0 Å². The van der Waals surface area contributed by atoms with Crippen LogP contribution in [0.3, 0.4) is 0 Å². The van der Waals surface area contributed by atoms with E-state index in [2.05, 4.69) is 20.4 Å². The summed E-state index contributed by atoms with van der Waals surface area (Å²) in [4.78, 5) is 50.9. The number of nitrogens with zero attached hydrogens (tertiary/aromatic N) is 2. The molecule has 0 bridgehead atoms. The Morgan fingerprint density at radius 2 is 0.852 bits per heavy atom. The molecule has 27 heavy (non-hydrogen) atoms. The molecule has 0 atom stereocenters. The van der Waals surface area contributed by atoms with Crippen molar-refractivity contribution >= 4 is 0 Å². The zero-order valence-electron chi connectivity index (χ0n) is 15.3. The van der Waals surface area contributed by atoms with E-state index in [-0.39, 0.29) is 11.8 Å².